The van der Waals surface area contributed by atoms with E-state index in [1.807, 2.05) is 0 Å². The first-order chi connectivity index (χ1) is 14.9. The van der Waals surface area contributed by atoms with Crippen molar-refractivity contribution in [1.29, 1.82) is 0 Å². The molecule has 0 spiro atoms. The van der Waals surface area contributed by atoms with E-state index in [-0.39, 0.29) is 29.8 Å². The molecule has 0 radical (unpaired) electrons. The lowest BCUT2D eigenvalue weighted by Gasteiger charge is -2.22. The van der Waals surface area contributed by atoms with Crippen LogP contribution in [0.25, 0.3) is 0 Å². The summed E-state index contributed by atoms with van der Waals surface area (Å²) < 4.78 is 40.7. The number of benzene rings is 1. The molecule has 12 heteroatoms. The topological polar surface area (TPSA) is 130 Å². The van der Waals surface area contributed by atoms with Gasteiger partial charge in [0, 0.05) is 11.2 Å². The first-order valence-electron chi connectivity index (χ1n) is 9.96. The van der Waals surface area contributed by atoms with Crippen LogP contribution in [0.15, 0.2) is 30.3 Å². The number of carbonyl (C=O) groups excluding carboxylic acids is 2. The maximum atomic E-state index is 13.3. The number of para-hydroxylation sites is 1. The fourth-order valence-corrected chi connectivity index (χ4v) is 4.72. The Bertz CT molecular complexity index is 828. The van der Waals surface area contributed by atoms with E-state index in [0.717, 1.165) is 11.8 Å². The molecule has 10 nitrogen and oxygen atoms in total. The number of ether oxygens (including phenoxy) is 2. The highest BCUT2D eigenvalue weighted by Gasteiger charge is 2.46. The number of phosphoric ester groups is 1. The molecule has 1 unspecified atom stereocenters. The zero-order chi connectivity index (χ0) is 24.0. The molecule has 32 heavy (non-hydrogen) atoms. The van der Waals surface area contributed by atoms with Gasteiger partial charge in [0.05, 0.1) is 13.2 Å². The number of thioether (sulfide) groups is 1. The number of hydroxylamine groups is 1. The summed E-state index contributed by atoms with van der Waals surface area (Å²) in [6, 6.07) is 8.30. The van der Waals surface area contributed by atoms with E-state index in [4.69, 9.17) is 28.3 Å². The third-order valence-corrected chi connectivity index (χ3v) is 6.73. The van der Waals surface area contributed by atoms with Crippen LogP contribution in [-0.2, 0) is 32.7 Å². The SMILES string of the molecule is CC1(C)O[C@H](C(=O)NO)[C@@H](COP(=O)(OCCSC(=O)C(C)(C)C)Oc2ccccc2)O1. The molecule has 1 aliphatic rings. The zero-order valence-corrected chi connectivity index (χ0v) is 20.4. The number of hydrogen-bond acceptors (Lipinski definition) is 10. The Morgan fingerprint density at radius 1 is 1.19 bits per heavy atom. The number of nitrogens with one attached hydrogen (secondary N) is 1. The van der Waals surface area contributed by atoms with Crippen molar-refractivity contribution in [3.63, 3.8) is 0 Å². The molecule has 1 aromatic rings. The van der Waals surface area contributed by atoms with Crippen LogP contribution >= 0.6 is 19.6 Å². The number of rotatable bonds is 10. The first kappa shape index (κ1) is 26.8. The minimum absolute atomic E-state index is 0.0302. The van der Waals surface area contributed by atoms with Crippen molar-refractivity contribution in [2.24, 2.45) is 5.41 Å². The molecule has 2 N–H and O–H groups in total. The average molecular weight is 491 g/mol. The summed E-state index contributed by atoms with van der Waals surface area (Å²) in [5.41, 5.74) is 0.997. The molecule has 1 fully saturated rings. The van der Waals surface area contributed by atoms with Crippen molar-refractivity contribution >= 4 is 30.6 Å². The Morgan fingerprint density at radius 2 is 1.84 bits per heavy atom. The van der Waals surface area contributed by atoms with Crippen LogP contribution in [0.5, 0.6) is 5.75 Å². The number of amides is 1. The highest BCUT2D eigenvalue weighted by Crippen LogP contribution is 2.50. The molecule has 1 heterocycles. The summed E-state index contributed by atoms with van der Waals surface area (Å²) in [5, 5.41) is 8.91. The van der Waals surface area contributed by atoms with Crippen molar-refractivity contribution in [2.75, 3.05) is 19.0 Å². The van der Waals surface area contributed by atoms with Crippen molar-refractivity contribution in [3.8, 4) is 5.75 Å². The van der Waals surface area contributed by atoms with Crippen LogP contribution in [0.3, 0.4) is 0 Å². The van der Waals surface area contributed by atoms with Crippen LogP contribution in [0, 0.1) is 5.41 Å². The predicted octanol–water partition coefficient (Wildman–Crippen LogP) is 3.54. The highest BCUT2D eigenvalue weighted by molar-refractivity contribution is 8.13. The average Bonchev–Trinajstić information content (AvgIpc) is 3.03. The zero-order valence-electron chi connectivity index (χ0n) is 18.7. The lowest BCUT2D eigenvalue weighted by atomic mass is 10.00. The molecule has 180 valence electrons. The molecule has 0 bridgehead atoms. The molecule has 0 aromatic heterocycles. The summed E-state index contributed by atoms with van der Waals surface area (Å²) in [6.45, 7) is 8.14. The fraction of sp³-hybridized carbons (Fsp3) is 0.600. The third kappa shape index (κ3) is 8.15. The van der Waals surface area contributed by atoms with Crippen LogP contribution in [0.2, 0.25) is 0 Å². The molecular formula is C20H30NO9PS. The molecular weight excluding hydrogens is 461 g/mol. The quantitative estimate of drug-likeness (QED) is 0.217. The van der Waals surface area contributed by atoms with Gasteiger partial charge in [-0.15, -0.1) is 0 Å². The lowest BCUT2D eigenvalue weighted by Crippen LogP contribution is -2.41. The molecule has 1 aliphatic heterocycles. The maximum absolute atomic E-state index is 13.3. The first-order valence-corrected chi connectivity index (χ1v) is 12.4. The maximum Gasteiger partial charge on any atom is 0.530 e. The van der Waals surface area contributed by atoms with Gasteiger partial charge in [0.2, 0.25) is 0 Å². The molecule has 1 amide bonds. The van der Waals surface area contributed by atoms with E-state index in [1.54, 1.807) is 65.0 Å². The van der Waals surface area contributed by atoms with Crippen molar-refractivity contribution in [2.45, 2.75) is 52.6 Å². The molecule has 0 aliphatic carbocycles. The van der Waals surface area contributed by atoms with Gasteiger partial charge < -0.3 is 14.0 Å². The van der Waals surface area contributed by atoms with E-state index >= 15 is 0 Å². The van der Waals surface area contributed by atoms with Crippen LogP contribution in [-0.4, -0.2) is 53.2 Å². The number of carbonyl (C=O) groups is 2. The van der Waals surface area contributed by atoms with Crippen molar-refractivity contribution in [3.05, 3.63) is 30.3 Å². The normalized spacial score (nSPS) is 22.2. The Hall–Kier alpha value is -1.46. The van der Waals surface area contributed by atoms with Gasteiger partial charge in [-0.05, 0) is 26.0 Å². The van der Waals surface area contributed by atoms with E-state index in [2.05, 4.69) is 0 Å². The molecule has 1 aromatic carbocycles. The summed E-state index contributed by atoms with van der Waals surface area (Å²) in [7, 11) is -4.16. The lowest BCUT2D eigenvalue weighted by molar-refractivity contribution is -0.160. The number of phosphoric acid groups is 1. The van der Waals surface area contributed by atoms with E-state index in [0.29, 0.717) is 0 Å². The Balaban J connectivity index is 2.05. The van der Waals surface area contributed by atoms with Gasteiger partial charge in [0.1, 0.15) is 11.9 Å². The molecule has 1 saturated heterocycles. The van der Waals surface area contributed by atoms with Crippen LogP contribution in [0.1, 0.15) is 34.6 Å². The van der Waals surface area contributed by atoms with Crippen LogP contribution in [0.4, 0.5) is 0 Å². The fourth-order valence-electron chi connectivity index (χ4n) is 2.61. The Morgan fingerprint density at radius 3 is 2.44 bits per heavy atom. The van der Waals surface area contributed by atoms with Crippen LogP contribution < -0.4 is 10.0 Å². The van der Waals surface area contributed by atoms with Gasteiger partial charge in [-0.1, -0.05) is 50.7 Å². The predicted molar refractivity (Wildman–Crippen MR) is 117 cm³/mol. The summed E-state index contributed by atoms with van der Waals surface area (Å²) >= 11 is 1.06. The van der Waals surface area contributed by atoms with Crippen molar-refractivity contribution in [1.82, 2.24) is 5.48 Å². The standard InChI is InChI=1S/C20H30NO9PS/c1-19(2,3)18(23)32-12-11-26-31(25,30-14-9-7-6-8-10-14)27-13-15-16(17(22)21-24)29-20(4,5)28-15/h6-10,15-16,24H,11-13H2,1-5H3,(H,21,22)/t15-,16+,31?/m1/s1. The minimum Gasteiger partial charge on any atom is -0.404 e. The minimum atomic E-state index is -4.16. The second-order valence-electron chi connectivity index (χ2n) is 8.44. The van der Waals surface area contributed by atoms with Gasteiger partial charge in [-0.2, -0.15) is 0 Å². The second kappa shape index (κ2) is 11.1. The van der Waals surface area contributed by atoms with Crippen molar-refractivity contribution < 1.29 is 42.4 Å². The largest absolute Gasteiger partial charge is 0.530 e. The van der Waals surface area contributed by atoms with E-state index in [1.165, 1.54) is 5.48 Å². The summed E-state index contributed by atoms with van der Waals surface area (Å²) in [4.78, 5) is 24.0. The second-order valence-corrected chi connectivity index (χ2v) is 11.1. The van der Waals surface area contributed by atoms with Gasteiger partial charge in [-0.3, -0.25) is 23.8 Å². The number of hydrogen-bond donors (Lipinski definition) is 2. The van der Waals surface area contributed by atoms with Gasteiger partial charge in [-0.25, -0.2) is 10.0 Å². The van der Waals surface area contributed by atoms with Gasteiger partial charge in [0.15, 0.2) is 17.0 Å². The summed E-state index contributed by atoms with van der Waals surface area (Å²) in [6.07, 6.45) is -2.18. The monoisotopic (exact) mass is 491 g/mol. The smallest absolute Gasteiger partial charge is 0.404 e. The van der Waals surface area contributed by atoms with E-state index < -0.39 is 37.1 Å². The Labute approximate surface area is 191 Å². The third-order valence-electron chi connectivity index (χ3n) is 4.09. The molecule has 2 rings (SSSR count). The molecule has 0 saturated carbocycles. The molecule has 3 atom stereocenters. The Kier molecular flexibility index (Phi) is 9.30. The van der Waals surface area contributed by atoms with E-state index in [9.17, 15) is 14.2 Å². The van der Waals surface area contributed by atoms with Gasteiger partial charge in [0.25, 0.3) is 5.91 Å². The highest BCUT2D eigenvalue weighted by atomic mass is 32.2. The van der Waals surface area contributed by atoms with Gasteiger partial charge >= 0.3 is 7.82 Å². The summed E-state index contributed by atoms with van der Waals surface area (Å²) in [5.74, 6) is -1.46.